The Morgan fingerprint density at radius 3 is 2.34 bits per heavy atom. The molecular formula is C21H25F3N4O4. The van der Waals surface area contributed by atoms with Gasteiger partial charge in [-0.15, -0.1) is 0 Å². The molecule has 3 aliphatic rings. The first kappa shape index (κ1) is 22.5. The zero-order valence-electron chi connectivity index (χ0n) is 17.3. The molecule has 32 heavy (non-hydrogen) atoms. The second kappa shape index (κ2) is 8.70. The number of rotatable bonds is 8. The fraction of sp³-hybridized carbons (Fsp3) is 0.571. The largest absolute Gasteiger partial charge is 0.418 e. The van der Waals surface area contributed by atoms with Crippen LogP contribution in [0.25, 0.3) is 0 Å². The van der Waals surface area contributed by atoms with Crippen molar-refractivity contribution in [3.63, 3.8) is 0 Å². The van der Waals surface area contributed by atoms with Gasteiger partial charge in [-0.1, -0.05) is 0 Å². The van der Waals surface area contributed by atoms with Crippen molar-refractivity contribution in [1.29, 1.82) is 0 Å². The summed E-state index contributed by atoms with van der Waals surface area (Å²) >= 11 is 0. The molecule has 1 aliphatic heterocycles. The van der Waals surface area contributed by atoms with Gasteiger partial charge in [0.15, 0.2) is 6.04 Å². The monoisotopic (exact) mass is 454 g/mol. The molecule has 1 aromatic rings. The number of benzene rings is 1. The fourth-order valence-electron chi connectivity index (χ4n) is 4.09. The van der Waals surface area contributed by atoms with Crippen molar-refractivity contribution in [3.8, 4) is 0 Å². The van der Waals surface area contributed by atoms with Crippen molar-refractivity contribution in [1.82, 2.24) is 5.32 Å². The highest BCUT2D eigenvalue weighted by atomic mass is 19.4. The molecule has 1 heterocycles. The minimum absolute atomic E-state index is 0.0463. The van der Waals surface area contributed by atoms with Crippen LogP contribution in [0.3, 0.4) is 0 Å². The lowest BCUT2D eigenvalue weighted by Gasteiger charge is -2.28. The molecule has 3 amide bonds. The summed E-state index contributed by atoms with van der Waals surface area (Å²) in [5.41, 5.74) is 3.83. The summed E-state index contributed by atoms with van der Waals surface area (Å²) in [5.74, 6) is -1.63. The molecule has 4 N–H and O–H groups in total. The van der Waals surface area contributed by atoms with Gasteiger partial charge in [0.05, 0.1) is 17.9 Å². The standard InChI is InChI=1S/C21H25F3N4O4/c22-21(23,24)14-9-13(28-7-8-32-10-16(28)29)5-6-15(14)26-20(31)18(19(25)30)27-17(11-1-2-11)12-3-4-12/h5-6,9,11-12,17-18,27H,1-4,7-8,10H2,(H2,25,30)(H,26,31)/t18-/m1/s1. The number of halogens is 3. The molecule has 3 fully saturated rings. The first-order valence-corrected chi connectivity index (χ1v) is 10.6. The summed E-state index contributed by atoms with van der Waals surface area (Å²) < 4.78 is 46.3. The second-order valence-electron chi connectivity index (χ2n) is 8.52. The van der Waals surface area contributed by atoms with E-state index in [-0.39, 0.29) is 31.5 Å². The summed E-state index contributed by atoms with van der Waals surface area (Å²) in [6.07, 6.45) is -0.848. The molecule has 2 aliphatic carbocycles. The number of nitrogens with one attached hydrogen (secondary N) is 2. The smallest absolute Gasteiger partial charge is 0.370 e. The molecule has 0 unspecified atom stereocenters. The maximum atomic E-state index is 13.8. The summed E-state index contributed by atoms with van der Waals surface area (Å²) in [4.78, 5) is 37.9. The number of amides is 3. The van der Waals surface area contributed by atoms with Gasteiger partial charge in [-0.05, 0) is 55.7 Å². The van der Waals surface area contributed by atoms with Gasteiger partial charge in [0.1, 0.15) is 6.61 Å². The highest BCUT2D eigenvalue weighted by Crippen LogP contribution is 2.44. The zero-order chi connectivity index (χ0) is 23.0. The van der Waals surface area contributed by atoms with Crippen molar-refractivity contribution in [3.05, 3.63) is 23.8 Å². The van der Waals surface area contributed by atoms with Crippen LogP contribution >= 0.6 is 0 Å². The van der Waals surface area contributed by atoms with Crippen LogP contribution in [0.4, 0.5) is 24.5 Å². The van der Waals surface area contributed by atoms with Crippen LogP contribution in [0.1, 0.15) is 31.2 Å². The number of nitrogens with zero attached hydrogens (tertiary/aromatic N) is 1. The highest BCUT2D eigenvalue weighted by Gasteiger charge is 2.44. The Bertz CT molecular complexity index is 903. The van der Waals surface area contributed by atoms with Gasteiger partial charge in [-0.2, -0.15) is 13.2 Å². The number of hydrogen-bond donors (Lipinski definition) is 3. The third kappa shape index (κ3) is 5.04. The number of morpholine rings is 1. The minimum Gasteiger partial charge on any atom is -0.370 e. The van der Waals surface area contributed by atoms with E-state index in [0.29, 0.717) is 11.8 Å². The maximum Gasteiger partial charge on any atom is 0.418 e. The van der Waals surface area contributed by atoms with E-state index in [1.54, 1.807) is 0 Å². The molecule has 2 saturated carbocycles. The van der Waals surface area contributed by atoms with E-state index in [1.807, 2.05) is 0 Å². The fourth-order valence-corrected chi connectivity index (χ4v) is 4.09. The maximum absolute atomic E-state index is 13.8. The molecule has 0 spiro atoms. The SMILES string of the molecule is NC(=O)[C@@H](NC(C1CC1)C1CC1)C(=O)Nc1ccc(N2CCOCC2=O)cc1C(F)(F)F. The number of anilines is 2. The van der Waals surface area contributed by atoms with E-state index in [9.17, 15) is 27.6 Å². The predicted molar refractivity (Wildman–Crippen MR) is 109 cm³/mol. The number of hydrogen-bond acceptors (Lipinski definition) is 5. The first-order valence-electron chi connectivity index (χ1n) is 10.6. The molecule has 0 bridgehead atoms. The van der Waals surface area contributed by atoms with E-state index in [0.717, 1.165) is 37.8 Å². The Kier molecular flexibility index (Phi) is 6.13. The molecule has 1 aromatic carbocycles. The number of ether oxygens (including phenoxy) is 1. The lowest BCUT2D eigenvalue weighted by atomic mass is 10.0. The molecule has 4 rings (SSSR count). The average molecular weight is 454 g/mol. The van der Waals surface area contributed by atoms with E-state index in [1.165, 1.54) is 11.0 Å². The molecule has 0 radical (unpaired) electrons. The predicted octanol–water partition coefficient (Wildman–Crippen LogP) is 1.64. The van der Waals surface area contributed by atoms with E-state index < -0.39 is 41.2 Å². The molecule has 174 valence electrons. The Morgan fingerprint density at radius 1 is 1.16 bits per heavy atom. The average Bonchev–Trinajstić information content (AvgIpc) is 3.62. The van der Waals surface area contributed by atoms with Crippen LogP contribution in [0.15, 0.2) is 18.2 Å². The molecule has 8 nitrogen and oxygen atoms in total. The van der Waals surface area contributed by atoms with Gasteiger partial charge in [0.2, 0.25) is 5.91 Å². The summed E-state index contributed by atoms with van der Waals surface area (Å²) in [6.45, 7) is 0.120. The lowest BCUT2D eigenvalue weighted by molar-refractivity contribution is -0.137. The van der Waals surface area contributed by atoms with E-state index >= 15 is 0 Å². The van der Waals surface area contributed by atoms with Gasteiger partial charge in [0.25, 0.3) is 11.8 Å². The van der Waals surface area contributed by atoms with Crippen LogP contribution in [-0.4, -0.2) is 49.6 Å². The Hall–Kier alpha value is -2.66. The molecule has 1 saturated heterocycles. The van der Waals surface area contributed by atoms with Gasteiger partial charge in [-0.25, -0.2) is 0 Å². The van der Waals surface area contributed by atoms with Gasteiger partial charge in [0, 0.05) is 18.3 Å². The number of carbonyl (C=O) groups excluding carboxylic acids is 3. The Labute approximate surface area is 182 Å². The lowest BCUT2D eigenvalue weighted by Crippen LogP contribution is -2.54. The number of alkyl halides is 3. The van der Waals surface area contributed by atoms with E-state index in [4.69, 9.17) is 10.5 Å². The molecule has 11 heteroatoms. The number of primary amides is 1. The van der Waals surface area contributed by atoms with Crippen molar-refractivity contribution in [2.75, 3.05) is 30.0 Å². The third-order valence-electron chi connectivity index (χ3n) is 6.03. The second-order valence-corrected chi connectivity index (χ2v) is 8.52. The van der Waals surface area contributed by atoms with Gasteiger partial charge < -0.3 is 20.7 Å². The van der Waals surface area contributed by atoms with Crippen LogP contribution < -0.4 is 21.3 Å². The van der Waals surface area contributed by atoms with Crippen LogP contribution in [0, 0.1) is 11.8 Å². The topological polar surface area (TPSA) is 114 Å². The minimum atomic E-state index is -4.80. The molecule has 1 atom stereocenters. The number of nitrogens with two attached hydrogens (primary N) is 1. The normalized spacial score (nSPS) is 20.4. The van der Waals surface area contributed by atoms with Gasteiger partial charge in [-0.3, -0.25) is 19.7 Å². The van der Waals surface area contributed by atoms with Crippen LogP contribution in [0.5, 0.6) is 0 Å². The molecular weight excluding hydrogens is 429 g/mol. The zero-order valence-corrected chi connectivity index (χ0v) is 17.3. The summed E-state index contributed by atoms with van der Waals surface area (Å²) in [7, 11) is 0. The Balaban J connectivity index is 1.55. The summed E-state index contributed by atoms with van der Waals surface area (Å²) in [5, 5.41) is 5.20. The third-order valence-corrected chi connectivity index (χ3v) is 6.03. The van der Waals surface area contributed by atoms with Crippen molar-refractivity contribution in [2.45, 2.75) is 43.9 Å². The van der Waals surface area contributed by atoms with Crippen molar-refractivity contribution < 1.29 is 32.3 Å². The van der Waals surface area contributed by atoms with Crippen LogP contribution in [0.2, 0.25) is 0 Å². The van der Waals surface area contributed by atoms with Crippen LogP contribution in [-0.2, 0) is 25.3 Å². The first-order chi connectivity index (χ1) is 15.1. The van der Waals surface area contributed by atoms with Crippen molar-refractivity contribution >= 4 is 29.1 Å². The number of carbonyl (C=O) groups is 3. The molecule has 0 aromatic heterocycles. The van der Waals surface area contributed by atoms with Gasteiger partial charge >= 0.3 is 6.18 Å². The van der Waals surface area contributed by atoms with Crippen molar-refractivity contribution in [2.24, 2.45) is 17.6 Å². The Morgan fingerprint density at radius 2 is 1.81 bits per heavy atom. The summed E-state index contributed by atoms with van der Waals surface area (Å²) in [6, 6.07) is 1.72. The highest BCUT2D eigenvalue weighted by molar-refractivity contribution is 6.10. The van der Waals surface area contributed by atoms with E-state index in [2.05, 4.69) is 10.6 Å². The quantitative estimate of drug-likeness (QED) is 0.517.